The Hall–Kier alpha value is -2.12. The summed E-state index contributed by atoms with van der Waals surface area (Å²) in [5.74, 6) is -0.320. The van der Waals surface area contributed by atoms with Gasteiger partial charge in [-0.2, -0.15) is 0 Å². The lowest BCUT2D eigenvalue weighted by Gasteiger charge is -2.05. The molecule has 0 fully saturated rings. The fourth-order valence-electron chi connectivity index (χ4n) is 1.68. The van der Waals surface area contributed by atoms with Gasteiger partial charge in [0, 0.05) is 16.9 Å². The third-order valence-electron chi connectivity index (χ3n) is 2.45. The van der Waals surface area contributed by atoms with Crippen LogP contribution in [-0.2, 0) is 0 Å². The van der Waals surface area contributed by atoms with Crippen LogP contribution in [0.25, 0.3) is 10.9 Å². The van der Waals surface area contributed by atoms with Gasteiger partial charge < -0.3 is 0 Å². The largest absolute Gasteiger partial charge is 0.295 e. The van der Waals surface area contributed by atoms with Crippen LogP contribution >= 0.6 is 23.1 Å². The number of carbonyl (C=O) groups is 1. The molecule has 0 saturated carbocycles. The SMILES string of the molecule is O=C(Nc1nnns1)c1cc(Cl)nc2ccccc12. The zero-order chi connectivity index (χ0) is 13.2. The van der Waals surface area contributed by atoms with Crippen molar-refractivity contribution in [2.75, 3.05) is 5.32 Å². The Balaban J connectivity index is 2.06. The number of pyridine rings is 1. The number of nitrogens with zero attached hydrogens (tertiary/aromatic N) is 4. The molecule has 2 aromatic heterocycles. The number of hydrogen-bond acceptors (Lipinski definition) is 6. The molecule has 3 aromatic rings. The minimum absolute atomic E-state index is 0.263. The Labute approximate surface area is 116 Å². The number of fused-ring (bicyclic) bond motifs is 1. The topological polar surface area (TPSA) is 80.7 Å². The van der Waals surface area contributed by atoms with Crippen LogP contribution < -0.4 is 5.32 Å². The molecule has 6 nitrogen and oxygen atoms in total. The molecule has 3 rings (SSSR count). The van der Waals surface area contributed by atoms with Gasteiger partial charge in [0.2, 0.25) is 5.13 Å². The zero-order valence-electron chi connectivity index (χ0n) is 9.37. The molecular weight excluding hydrogens is 286 g/mol. The Bertz CT molecular complexity index is 746. The third-order valence-corrected chi connectivity index (χ3v) is 3.15. The highest BCUT2D eigenvalue weighted by Gasteiger charge is 2.13. The maximum absolute atomic E-state index is 12.2. The first-order chi connectivity index (χ1) is 9.24. The molecule has 1 aromatic carbocycles. The van der Waals surface area contributed by atoms with Crippen LogP contribution in [0.5, 0.6) is 0 Å². The first kappa shape index (κ1) is 11.9. The Kier molecular flexibility index (Phi) is 3.06. The summed E-state index contributed by atoms with van der Waals surface area (Å²) in [6, 6.07) is 8.80. The van der Waals surface area contributed by atoms with Crippen molar-refractivity contribution in [1.82, 2.24) is 19.8 Å². The predicted molar refractivity (Wildman–Crippen MR) is 72.4 cm³/mol. The van der Waals surface area contributed by atoms with E-state index in [2.05, 4.69) is 25.1 Å². The fraction of sp³-hybridized carbons (Fsp3) is 0. The molecule has 0 radical (unpaired) electrons. The van der Waals surface area contributed by atoms with E-state index in [1.54, 1.807) is 6.07 Å². The monoisotopic (exact) mass is 291 g/mol. The molecule has 1 N–H and O–H groups in total. The number of amides is 1. The molecule has 0 saturated heterocycles. The highest BCUT2D eigenvalue weighted by Crippen LogP contribution is 2.21. The van der Waals surface area contributed by atoms with E-state index in [4.69, 9.17) is 11.6 Å². The summed E-state index contributed by atoms with van der Waals surface area (Å²) in [5.41, 5.74) is 1.10. The summed E-state index contributed by atoms with van der Waals surface area (Å²) < 4.78 is 3.58. The van der Waals surface area contributed by atoms with Crippen LogP contribution in [0.4, 0.5) is 5.13 Å². The van der Waals surface area contributed by atoms with Gasteiger partial charge in [0.25, 0.3) is 5.91 Å². The van der Waals surface area contributed by atoms with Gasteiger partial charge in [0.15, 0.2) is 0 Å². The summed E-state index contributed by atoms with van der Waals surface area (Å²) in [6.07, 6.45) is 0. The molecule has 0 bridgehead atoms. The maximum atomic E-state index is 12.2. The van der Waals surface area contributed by atoms with Gasteiger partial charge in [-0.15, -0.1) is 0 Å². The Morgan fingerprint density at radius 1 is 1.32 bits per heavy atom. The first-order valence-corrected chi connectivity index (χ1v) is 6.41. The Morgan fingerprint density at radius 2 is 2.16 bits per heavy atom. The normalized spacial score (nSPS) is 10.6. The molecule has 0 spiro atoms. The second kappa shape index (κ2) is 4.87. The first-order valence-electron chi connectivity index (χ1n) is 5.26. The number of hydrogen-bond donors (Lipinski definition) is 1. The lowest BCUT2D eigenvalue weighted by Crippen LogP contribution is -2.12. The average Bonchev–Trinajstić information content (AvgIpc) is 2.90. The van der Waals surface area contributed by atoms with E-state index in [0.29, 0.717) is 16.2 Å². The number of para-hydroxylation sites is 1. The van der Waals surface area contributed by atoms with E-state index in [1.165, 1.54) is 6.07 Å². The van der Waals surface area contributed by atoms with E-state index in [-0.39, 0.29) is 11.1 Å². The van der Waals surface area contributed by atoms with E-state index < -0.39 is 0 Å². The minimum atomic E-state index is -0.320. The highest BCUT2D eigenvalue weighted by molar-refractivity contribution is 7.09. The molecule has 8 heteroatoms. The molecule has 94 valence electrons. The maximum Gasteiger partial charge on any atom is 0.258 e. The zero-order valence-corrected chi connectivity index (χ0v) is 10.9. The number of nitrogens with one attached hydrogen (secondary N) is 1. The molecule has 1 amide bonds. The van der Waals surface area contributed by atoms with E-state index in [0.717, 1.165) is 16.9 Å². The van der Waals surface area contributed by atoms with E-state index >= 15 is 0 Å². The van der Waals surface area contributed by atoms with Crippen molar-refractivity contribution < 1.29 is 4.79 Å². The molecule has 0 aliphatic carbocycles. The standard InChI is InChI=1S/C11H6ClN5OS/c12-9-5-7(6-3-1-2-4-8(6)13-9)10(18)14-11-15-16-17-19-11/h1-5H,(H,14,15,17,18). The molecule has 0 aliphatic rings. The molecule has 0 aliphatic heterocycles. The number of benzene rings is 1. The van der Waals surface area contributed by atoms with E-state index in [9.17, 15) is 4.79 Å². The fourth-order valence-corrected chi connectivity index (χ4v) is 2.24. The number of aromatic nitrogens is 4. The van der Waals surface area contributed by atoms with Crippen LogP contribution in [0.15, 0.2) is 30.3 Å². The van der Waals surface area contributed by atoms with Gasteiger partial charge >= 0.3 is 0 Å². The quantitative estimate of drug-likeness (QED) is 0.733. The lowest BCUT2D eigenvalue weighted by molar-refractivity contribution is 0.102. The molecular formula is C11H6ClN5OS. The summed E-state index contributed by atoms with van der Waals surface area (Å²) in [6.45, 7) is 0. The van der Waals surface area contributed by atoms with Gasteiger partial charge in [-0.25, -0.2) is 4.98 Å². The minimum Gasteiger partial charge on any atom is -0.295 e. The number of halogens is 1. The number of carbonyl (C=O) groups excluding carboxylic acids is 1. The van der Waals surface area contributed by atoms with Crippen molar-refractivity contribution in [2.45, 2.75) is 0 Å². The van der Waals surface area contributed by atoms with E-state index in [1.807, 2.05) is 18.2 Å². The molecule has 2 heterocycles. The van der Waals surface area contributed by atoms with Crippen LogP contribution in [0.2, 0.25) is 5.15 Å². The van der Waals surface area contributed by atoms with Gasteiger partial charge in [0.05, 0.1) is 11.1 Å². The van der Waals surface area contributed by atoms with Crippen molar-refractivity contribution in [3.63, 3.8) is 0 Å². The number of rotatable bonds is 2. The van der Waals surface area contributed by atoms with Crippen LogP contribution in [0.3, 0.4) is 0 Å². The Morgan fingerprint density at radius 3 is 2.95 bits per heavy atom. The van der Waals surface area contributed by atoms with Gasteiger partial charge in [-0.3, -0.25) is 10.1 Å². The van der Waals surface area contributed by atoms with Gasteiger partial charge in [-0.1, -0.05) is 39.4 Å². The molecule has 0 unspecified atom stereocenters. The predicted octanol–water partition coefficient (Wildman–Crippen LogP) is 2.39. The van der Waals surface area contributed by atoms with Crippen molar-refractivity contribution >= 4 is 45.1 Å². The number of anilines is 1. The van der Waals surface area contributed by atoms with Gasteiger partial charge in [0.1, 0.15) is 5.15 Å². The average molecular weight is 292 g/mol. The highest BCUT2D eigenvalue weighted by atomic mass is 35.5. The van der Waals surface area contributed by atoms with Gasteiger partial charge in [-0.05, 0) is 17.3 Å². The van der Waals surface area contributed by atoms with Crippen LogP contribution in [0.1, 0.15) is 10.4 Å². The summed E-state index contributed by atoms with van der Waals surface area (Å²) in [4.78, 5) is 16.4. The van der Waals surface area contributed by atoms with Crippen molar-refractivity contribution in [1.29, 1.82) is 0 Å². The third kappa shape index (κ3) is 2.38. The molecule has 19 heavy (non-hydrogen) atoms. The van der Waals surface area contributed by atoms with Crippen molar-refractivity contribution in [2.24, 2.45) is 0 Å². The summed E-state index contributed by atoms with van der Waals surface area (Å²) in [7, 11) is 0. The smallest absolute Gasteiger partial charge is 0.258 e. The van der Waals surface area contributed by atoms with Crippen molar-refractivity contribution in [3.8, 4) is 0 Å². The second-order valence-electron chi connectivity index (χ2n) is 3.63. The summed E-state index contributed by atoms with van der Waals surface area (Å²) in [5, 5.41) is 11.0. The molecule has 0 atom stereocenters. The second-order valence-corrected chi connectivity index (χ2v) is 4.75. The van der Waals surface area contributed by atoms with Crippen molar-refractivity contribution in [3.05, 3.63) is 41.0 Å². The van der Waals surface area contributed by atoms with Crippen LogP contribution in [0, 0.1) is 0 Å². The lowest BCUT2D eigenvalue weighted by atomic mass is 10.1. The van der Waals surface area contributed by atoms with Crippen LogP contribution in [-0.4, -0.2) is 25.7 Å². The summed E-state index contributed by atoms with van der Waals surface area (Å²) >= 11 is 6.92.